The average Bonchev–Trinajstić information content (AvgIpc) is 3.12. The third-order valence-corrected chi connectivity index (χ3v) is 5.55. The van der Waals surface area contributed by atoms with Gasteiger partial charge in [0.25, 0.3) is 5.88 Å². The van der Waals surface area contributed by atoms with Gasteiger partial charge in [-0.2, -0.15) is 0 Å². The monoisotopic (exact) mass is 471 g/mol. The molecule has 0 radical (unpaired) electrons. The second-order valence-corrected chi connectivity index (χ2v) is 8.44. The van der Waals surface area contributed by atoms with Gasteiger partial charge in [0.05, 0.1) is 11.0 Å². The number of aromatic nitrogens is 4. The van der Waals surface area contributed by atoms with Gasteiger partial charge in [-0.25, -0.2) is 23.3 Å². The number of nitrogens with zero attached hydrogens (tertiary/aromatic N) is 4. The first-order valence-corrected chi connectivity index (χ1v) is 11.0. The first kappa shape index (κ1) is 22.3. The molecule has 2 heterocycles. The van der Waals surface area contributed by atoms with Crippen molar-refractivity contribution in [3.8, 4) is 11.6 Å². The van der Waals surface area contributed by atoms with Gasteiger partial charge in [-0.3, -0.25) is 4.79 Å². The molecule has 3 aromatic carbocycles. The van der Waals surface area contributed by atoms with Crippen molar-refractivity contribution in [1.82, 2.24) is 19.2 Å². The first-order chi connectivity index (χ1) is 16.8. The Kier molecular flexibility index (Phi) is 5.52. The van der Waals surface area contributed by atoms with Crippen LogP contribution in [0.4, 0.5) is 10.1 Å². The predicted molar refractivity (Wildman–Crippen MR) is 131 cm³/mol. The number of ether oxygens (including phenoxy) is 1. The molecule has 5 aromatic rings. The van der Waals surface area contributed by atoms with E-state index < -0.39 is 17.4 Å². The van der Waals surface area contributed by atoms with E-state index in [0.717, 1.165) is 15.8 Å². The number of hydrogen-bond acceptors (Lipinski definition) is 5. The molecule has 1 N–H and O–H groups in total. The van der Waals surface area contributed by atoms with Crippen LogP contribution in [0.1, 0.15) is 16.7 Å². The van der Waals surface area contributed by atoms with Crippen molar-refractivity contribution >= 4 is 28.3 Å². The molecule has 0 fully saturated rings. The predicted octanol–water partition coefficient (Wildman–Crippen LogP) is 4.54. The van der Waals surface area contributed by atoms with Crippen LogP contribution in [0.2, 0.25) is 0 Å². The minimum Gasteiger partial charge on any atom is -0.436 e. The maximum absolute atomic E-state index is 13.6. The number of carbonyl (C=O) groups is 1. The molecule has 9 heteroatoms. The van der Waals surface area contributed by atoms with E-state index in [1.165, 1.54) is 16.5 Å². The summed E-state index contributed by atoms with van der Waals surface area (Å²) in [6.45, 7) is 5.30. The number of para-hydroxylation sites is 2. The average molecular weight is 471 g/mol. The molecule has 35 heavy (non-hydrogen) atoms. The Morgan fingerprint density at radius 2 is 1.77 bits per heavy atom. The normalized spacial score (nSPS) is 11.2. The Morgan fingerprint density at radius 3 is 2.54 bits per heavy atom. The number of fused-ring (bicyclic) bond motifs is 3. The SMILES string of the molecule is Cc1cc(C)cc(Oc2nc3ccccc3n3c(=O)n(CC(=O)Nc4cc(F)ccc4C)nc23)c1. The van der Waals surface area contributed by atoms with E-state index in [-0.39, 0.29) is 18.1 Å². The Labute approximate surface area is 199 Å². The van der Waals surface area contributed by atoms with E-state index in [2.05, 4.69) is 15.4 Å². The summed E-state index contributed by atoms with van der Waals surface area (Å²) in [5.41, 5.74) is 3.80. The van der Waals surface area contributed by atoms with E-state index in [9.17, 15) is 14.0 Å². The van der Waals surface area contributed by atoms with Crippen LogP contribution in [-0.4, -0.2) is 25.1 Å². The Morgan fingerprint density at radius 1 is 1.03 bits per heavy atom. The molecule has 0 spiro atoms. The second kappa shape index (κ2) is 8.68. The molecule has 0 atom stereocenters. The third-order valence-electron chi connectivity index (χ3n) is 5.55. The van der Waals surface area contributed by atoms with Crippen LogP contribution in [-0.2, 0) is 11.3 Å². The van der Waals surface area contributed by atoms with Gasteiger partial charge in [-0.05, 0) is 73.9 Å². The summed E-state index contributed by atoms with van der Waals surface area (Å²) in [6, 6.07) is 17.0. The van der Waals surface area contributed by atoms with Gasteiger partial charge < -0.3 is 10.1 Å². The zero-order chi connectivity index (χ0) is 24.7. The molecular formula is C26H22FN5O3. The molecule has 8 nitrogen and oxygen atoms in total. The maximum atomic E-state index is 13.6. The third kappa shape index (κ3) is 4.35. The molecule has 0 aliphatic rings. The van der Waals surface area contributed by atoms with E-state index >= 15 is 0 Å². The molecule has 2 aromatic heterocycles. The maximum Gasteiger partial charge on any atom is 0.351 e. The molecular weight excluding hydrogens is 449 g/mol. The molecule has 0 aliphatic carbocycles. The first-order valence-electron chi connectivity index (χ1n) is 11.0. The van der Waals surface area contributed by atoms with E-state index in [1.54, 1.807) is 31.2 Å². The Balaban J connectivity index is 1.57. The van der Waals surface area contributed by atoms with Gasteiger partial charge >= 0.3 is 5.69 Å². The zero-order valence-electron chi connectivity index (χ0n) is 19.4. The van der Waals surface area contributed by atoms with Crippen molar-refractivity contribution in [3.05, 3.63) is 93.7 Å². The summed E-state index contributed by atoms with van der Waals surface area (Å²) >= 11 is 0. The summed E-state index contributed by atoms with van der Waals surface area (Å²) in [7, 11) is 0. The highest BCUT2D eigenvalue weighted by Gasteiger charge is 2.19. The van der Waals surface area contributed by atoms with Gasteiger partial charge in [-0.15, -0.1) is 5.10 Å². The van der Waals surface area contributed by atoms with E-state index in [1.807, 2.05) is 38.1 Å². The van der Waals surface area contributed by atoms with Crippen LogP contribution in [0.3, 0.4) is 0 Å². The minimum absolute atomic E-state index is 0.144. The number of carbonyl (C=O) groups excluding carboxylic acids is 1. The van der Waals surface area contributed by atoms with Crippen molar-refractivity contribution in [1.29, 1.82) is 0 Å². The fourth-order valence-electron chi connectivity index (χ4n) is 4.00. The molecule has 0 aliphatic heterocycles. The Hall–Kier alpha value is -4.53. The summed E-state index contributed by atoms with van der Waals surface area (Å²) in [4.78, 5) is 30.6. The highest BCUT2D eigenvalue weighted by molar-refractivity contribution is 5.91. The van der Waals surface area contributed by atoms with E-state index in [0.29, 0.717) is 28.0 Å². The highest BCUT2D eigenvalue weighted by atomic mass is 19.1. The van der Waals surface area contributed by atoms with Gasteiger partial charge in [0, 0.05) is 5.69 Å². The fraction of sp³-hybridized carbons (Fsp3) is 0.154. The van der Waals surface area contributed by atoms with Crippen LogP contribution in [0, 0.1) is 26.6 Å². The molecule has 0 saturated carbocycles. The lowest BCUT2D eigenvalue weighted by atomic mass is 10.1. The summed E-state index contributed by atoms with van der Waals surface area (Å²) in [5.74, 6) is -0.279. The van der Waals surface area contributed by atoms with Crippen molar-refractivity contribution in [2.45, 2.75) is 27.3 Å². The quantitative estimate of drug-likeness (QED) is 0.407. The van der Waals surface area contributed by atoms with Crippen molar-refractivity contribution < 1.29 is 13.9 Å². The number of benzene rings is 3. The lowest BCUT2D eigenvalue weighted by Gasteiger charge is -2.09. The van der Waals surface area contributed by atoms with Crippen LogP contribution in [0.25, 0.3) is 16.7 Å². The molecule has 0 bridgehead atoms. The van der Waals surface area contributed by atoms with Gasteiger partial charge in [0.2, 0.25) is 11.6 Å². The number of rotatable bonds is 5. The number of hydrogen-bond donors (Lipinski definition) is 1. The molecule has 1 amide bonds. The smallest absolute Gasteiger partial charge is 0.351 e. The van der Waals surface area contributed by atoms with Crippen LogP contribution in [0.15, 0.2) is 65.5 Å². The van der Waals surface area contributed by atoms with Gasteiger partial charge in [0.1, 0.15) is 18.1 Å². The van der Waals surface area contributed by atoms with Gasteiger partial charge in [-0.1, -0.05) is 24.3 Å². The van der Waals surface area contributed by atoms with Crippen LogP contribution < -0.4 is 15.7 Å². The van der Waals surface area contributed by atoms with Crippen molar-refractivity contribution in [2.24, 2.45) is 0 Å². The van der Waals surface area contributed by atoms with Crippen molar-refractivity contribution in [2.75, 3.05) is 5.32 Å². The molecule has 5 rings (SSSR count). The minimum atomic E-state index is -0.519. The summed E-state index contributed by atoms with van der Waals surface area (Å²) in [6.07, 6.45) is 0. The fourth-order valence-corrected chi connectivity index (χ4v) is 4.00. The molecule has 0 unspecified atom stereocenters. The number of aryl methyl sites for hydroxylation is 3. The topological polar surface area (TPSA) is 90.5 Å². The number of amides is 1. The molecule has 0 saturated heterocycles. The van der Waals surface area contributed by atoms with Gasteiger partial charge in [0.15, 0.2) is 0 Å². The lowest BCUT2D eigenvalue weighted by Crippen LogP contribution is -2.28. The van der Waals surface area contributed by atoms with Crippen LogP contribution in [0.5, 0.6) is 11.6 Å². The molecule has 176 valence electrons. The lowest BCUT2D eigenvalue weighted by molar-refractivity contribution is -0.117. The number of nitrogens with one attached hydrogen (secondary N) is 1. The summed E-state index contributed by atoms with van der Waals surface area (Å²) in [5, 5.41) is 7.01. The van der Waals surface area contributed by atoms with Crippen molar-refractivity contribution in [3.63, 3.8) is 0 Å². The second-order valence-electron chi connectivity index (χ2n) is 8.44. The van der Waals surface area contributed by atoms with E-state index in [4.69, 9.17) is 4.74 Å². The largest absolute Gasteiger partial charge is 0.436 e. The van der Waals surface area contributed by atoms with Crippen LogP contribution >= 0.6 is 0 Å². The zero-order valence-corrected chi connectivity index (χ0v) is 19.4. The Bertz CT molecular complexity index is 1650. The number of halogens is 1. The number of anilines is 1. The summed E-state index contributed by atoms with van der Waals surface area (Å²) < 4.78 is 22.1. The standard InChI is InChI=1S/C26H22FN5O3/c1-15-10-16(2)12-19(11-15)35-25-24-30-31(14-23(33)28-21-13-18(27)9-8-17(21)3)26(34)32(24)22-7-5-4-6-20(22)29-25/h4-13H,14H2,1-3H3,(H,28,33). The highest BCUT2D eigenvalue weighted by Crippen LogP contribution is 2.27.